The van der Waals surface area contributed by atoms with Gasteiger partial charge in [-0.1, -0.05) is 26.0 Å². The predicted octanol–water partition coefficient (Wildman–Crippen LogP) is 3.32. The van der Waals surface area contributed by atoms with Gasteiger partial charge in [-0.25, -0.2) is 9.78 Å². The molecule has 0 aliphatic carbocycles. The average molecular weight is 285 g/mol. The molecular formula is C16H19N3O2. The molecule has 1 aromatic heterocycles. The molecule has 0 atom stereocenters. The van der Waals surface area contributed by atoms with Crippen molar-refractivity contribution in [3.63, 3.8) is 0 Å². The Morgan fingerprint density at radius 1 is 1.33 bits per heavy atom. The van der Waals surface area contributed by atoms with Crippen molar-refractivity contribution in [1.29, 1.82) is 0 Å². The third-order valence-electron chi connectivity index (χ3n) is 3.21. The van der Waals surface area contributed by atoms with Crippen LogP contribution in [0.25, 0.3) is 0 Å². The molecular weight excluding hydrogens is 266 g/mol. The number of ether oxygens (including phenoxy) is 1. The number of nitrogens with one attached hydrogen (secondary N) is 1. The van der Waals surface area contributed by atoms with Crippen LogP contribution in [-0.2, 0) is 4.74 Å². The number of carbonyl (C=O) groups is 1. The molecule has 0 amide bonds. The first kappa shape index (κ1) is 14.8. The highest BCUT2D eigenvalue weighted by Crippen LogP contribution is 2.26. The molecule has 0 saturated carbocycles. The van der Waals surface area contributed by atoms with E-state index in [-0.39, 0.29) is 5.69 Å². The maximum atomic E-state index is 11.6. The number of hydrogen-bond donors (Lipinski definition) is 2. The SMILES string of the molecule is COC(=O)c1ccnc(Nc2cccc(C(C)C)c2)c1N. The summed E-state index contributed by atoms with van der Waals surface area (Å²) in [4.78, 5) is 15.8. The van der Waals surface area contributed by atoms with E-state index in [0.717, 1.165) is 5.69 Å². The van der Waals surface area contributed by atoms with Crippen molar-refractivity contribution in [1.82, 2.24) is 4.98 Å². The van der Waals surface area contributed by atoms with E-state index in [1.54, 1.807) is 0 Å². The van der Waals surface area contributed by atoms with Crippen LogP contribution in [0.5, 0.6) is 0 Å². The zero-order chi connectivity index (χ0) is 15.4. The first-order valence-electron chi connectivity index (χ1n) is 6.72. The van der Waals surface area contributed by atoms with Gasteiger partial charge in [0.1, 0.15) is 0 Å². The second-order valence-corrected chi connectivity index (χ2v) is 5.02. The standard InChI is InChI=1S/C16H19N3O2/c1-10(2)11-5-4-6-12(9-11)19-15-14(17)13(7-8-18-15)16(20)21-3/h4-10H,17H2,1-3H3,(H,18,19). The van der Waals surface area contributed by atoms with Gasteiger partial charge < -0.3 is 15.8 Å². The summed E-state index contributed by atoms with van der Waals surface area (Å²) in [5, 5.41) is 3.14. The van der Waals surface area contributed by atoms with E-state index in [1.807, 2.05) is 18.2 Å². The van der Waals surface area contributed by atoms with Crippen LogP contribution in [0.3, 0.4) is 0 Å². The zero-order valence-electron chi connectivity index (χ0n) is 12.4. The van der Waals surface area contributed by atoms with Gasteiger partial charge in [-0.05, 0) is 29.7 Å². The molecule has 110 valence electrons. The number of nitrogen functional groups attached to an aromatic ring is 1. The van der Waals surface area contributed by atoms with Crippen LogP contribution in [-0.4, -0.2) is 18.1 Å². The molecule has 5 nitrogen and oxygen atoms in total. The van der Waals surface area contributed by atoms with Crippen molar-refractivity contribution >= 4 is 23.2 Å². The molecule has 0 unspecified atom stereocenters. The number of aromatic nitrogens is 1. The first-order chi connectivity index (χ1) is 10.0. The first-order valence-corrected chi connectivity index (χ1v) is 6.72. The van der Waals surface area contributed by atoms with Crippen molar-refractivity contribution in [3.8, 4) is 0 Å². The minimum atomic E-state index is -0.478. The molecule has 3 N–H and O–H groups in total. The Morgan fingerprint density at radius 3 is 2.76 bits per heavy atom. The van der Waals surface area contributed by atoms with E-state index in [0.29, 0.717) is 17.3 Å². The lowest BCUT2D eigenvalue weighted by Gasteiger charge is -2.12. The number of benzene rings is 1. The molecule has 21 heavy (non-hydrogen) atoms. The number of carbonyl (C=O) groups excluding carboxylic acids is 1. The summed E-state index contributed by atoms with van der Waals surface area (Å²) < 4.78 is 4.70. The lowest BCUT2D eigenvalue weighted by molar-refractivity contribution is 0.0602. The fourth-order valence-corrected chi connectivity index (χ4v) is 1.97. The summed E-state index contributed by atoms with van der Waals surface area (Å²) >= 11 is 0. The number of esters is 1. The van der Waals surface area contributed by atoms with Crippen LogP contribution in [0.2, 0.25) is 0 Å². The second kappa shape index (κ2) is 6.26. The number of methoxy groups -OCH3 is 1. The van der Waals surface area contributed by atoms with E-state index in [1.165, 1.54) is 24.9 Å². The van der Waals surface area contributed by atoms with Crippen molar-refractivity contribution in [2.24, 2.45) is 0 Å². The van der Waals surface area contributed by atoms with Crippen LogP contribution in [0.1, 0.15) is 35.7 Å². The van der Waals surface area contributed by atoms with Crippen molar-refractivity contribution < 1.29 is 9.53 Å². The van der Waals surface area contributed by atoms with Crippen LogP contribution in [0.4, 0.5) is 17.2 Å². The molecule has 0 radical (unpaired) electrons. The third-order valence-corrected chi connectivity index (χ3v) is 3.21. The van der Waals surface area contributed by atoms with Gasteiger partial charge in [0.15, 0.2) is 5.82 Å². The molecule has 0 spiro atoms. The van der Waals surface area contributed by atoms with Gasteiger partial charge in [0, 0.05) is 11.9 Å². The van der Waals surface area contributed by atoms with Gasteiger partial charge in [-0.15, -0.1) is 0 Å². The molecule has 2 rings (SSSR count). The van der Waals surface area contributed by atoms with Gasteiger partial charge in [-0.3, -0.25) is 0 Å². The number of nitrogens with two attached hydrogens (primary N) is 1. The molecule has 2 aromatic rings. The summed E-state index contributed by atoms with van der Waals surface area (Å²) in [6.45, 7) is 4.26. The Kier molecular flexibility index (Phi) is 4.42. The van der Waals surface area contributed by atoms with Gasteiger partial charge >= 0.3 is 5.97 Å². The van der Waals surface area contributed by atoms with Crippen LogP contribution in [0.15, 0.2) is 36.5 Å². The Morgan fingerprint density at radius 2 is 2.10 bits per heavy atom. The van der Waals surface area contributed by atoms with Gasteiger partial charge in [0.25, 0.3) is 0 Å². The Hall–Kier alpha value is -2.56. The van der Waals surface area contributed by atoms with Gasteiger partial charge in [0.05, 0.1) is 18.4 Å². The van der Waals surface area contributed by atoms with E-state index < -0.39 is 5.97 Å². The number of nitrogens with zero attached hydrogens (tertiary/aromatic N) is 1. The Balaban J connectivity index is 2.32. The quantitative estimate of drug-likeness (QED) is 0.843. The molecule has 5 heteroatoms. The van der Waals surface area contributed by atoms with Crippen molar-refractivity contribution in [2.75, 3.05) is 18.2 Å². The largest absolute Gasteiger partial charge is 0.465 e. The molecule has 1 aromatic carbocycles. The number of rotatable bonds is 4. The van der Waals surface area contributed by atoms with E-state index >= 15 is 0 Å². The van der Waals surface area contributed by atoms with Gasteiger partial charge in [0.2, 0.25) is 0 Å². The van der Waals surface area contributed by atoms with Crippen LogP contribution in [0, 0.1) is 0 Å². The molecule has 0 fully saturated rings. The highest BCUT2D eigenvalue weighted by molar-refractivity contribution is 5.97. The minimum absolute atomic E-state index is 0.277. The smallest absolute Gasteiger partial charge is 0.340 e. The third kappa shape index (κ3) is 3.31. The fraction of sp³-hybridized carbons (Fsp3) is 0.250. The monoisotopic (exact) mass is 285 g/mol. The lowest BCUT2D eigenvalue weighted by atomic mass is 10.0. The molecule has 0 bridgehead atoms. The topological polar surface area (TPSA) is 77.2 Å². The maximum absolute atomic E-state index is 11.6. The maximum Gasteiger partial charge on any atom is 0.340 e. The fourth-order valence-electron chi connectivity index (χ4n) is 1.97. The number of anilines is 3. The molecule has 0 saturated heterocycles. The highest BCUT2D eigenvalue weighted by Gasteiger charge is 2.14. The van der Waals surface area contributed by atoms with E-state index in [9.17, 15) is 4.79 Å². The Bertz CT molecular complexity index is 654. The summed E-state index contributed by atoms with van der Waals surface area (Å²) in [5.41, 5.74) is 8.65. The summed E-state index contributed by atoms with van der Waals surface area (Å²) in [6, 6.07) is 9.54. The van der Waals surface area contributed by atoms with Crippen molar-refractivity contribution in [2.45, 2.75) is 19.8 Å². The van der Waals surface area contributed by atoms with E-state index in [2.05, 4.69) is 30.2 Å². The number of hydrogen-bond acceptors (Lipinski definition) is 5. The lowest BCUT2D eigenvalue weighted by Crippen LogP contribution is -2.09. The highest BCUT2D eigenvalue weighted by atomic mass is 16.5. The predicted molar refractivity (Wildman–Crippen MR) is 83.8 cm³/mol. The minimum Gasteiger partial charge on any atom is -0.465 e. The second-order valence-electron chi connectivity index (χ2n) is 5.02. The number of pyridine rings is 1. The summed E-state index contributed by atoms with van der Waals surface area (Å²) in [5.74, 6) is 0.395. The zero-order valence-corrected chi connectivity index (χ0v) is 12.4. The molecule has 1 heterocycles. The normalized spacial score (nSPS) is 10.5. The van der Waals surface area contributed by atoms with Crippen LogP contribution >= 0.6 is 0 Å². The Labute approximate surface area is 124 Å². The molecule has 0 aliphatic heterocycles. The van der Waals surface area contributed by atoms with Crippen LogP contribution < -0.4 is 11.1 Å². The molecule has 0 aliphatic rings. The summed E-state index contributed by atoms with van der Waals surface area (Å²) in [7, 11) is 1.32. The summed E-state index contributed by atoms with van der Waals surface area (Å²) in [6.07, 6.45) is 1.53. The van der Waals surface area contributed by atoms with E-state index in [4.69, 9.17) is 10.5 Å². The van der Waals surface area contributed by atoms with Crippen molar-refractivity contribution in [3.05, 3.63) is 47.7 Å². The van der Waals surface area contributed by atoms with Gasteiger partial charge in [-0.2, -0.15) is 0 Å². The average Bonchev–Trinajstić information content (AvgIpc) is 2.49.